The normalized spacial score (nSPS) is 26.2. The maximum atomic E-state index is 13.9. The molecular formula is C34H39IN2O6. The fraction of sp³-hybridized carbons (Fsp3) is 0.500. The molecule has 1 aromatic carbocycles. The van der Waals surface area contributed by atoms with Crippen LogP contribution in [0.15, 0.2) is 47.7 Å². The summed E-state index contributed by atoms with van der Waals surface area (Å²) in [5, 5.41) is 10.3. The van der Waals surface area contributed by atoms with Crippen molar-refractivity contribution in [1.29, 1.82) is 0 Å². The maximum Gasteiger partial charge on any atom is 0.234 e. The minimum Gasteiger partial charge on any atom is -0.504 e. The molecule has 3 fully saturated rings. The number of rotatable bonds is 9. The first-order valence-electron chi connectivity index (χ1n) is 15.3. The van der Waals surface area contributed by atoms with Gasteiger partial charge in [-0.05, 0) is 107 Å². The molecule has 1 saturated carbocycles. The van der Waals surface area contributed by atoms with Gasteiger partial charge in [-0.2, -0.15) is 0 Å². The number of hydrogen-bond acceptors (Lipinski definition) is 7. The van der Waals surface area contributed by atoms with Crippen LogP contribution in [0.5, 0.6) is 11.5 Å². The van der Waals surface area contributed by atoms with Crippen LogP contribution in [0.2, 0.25) is 0 Å². The molecule has 4 atom stereocenters. The number of aromatic nitrogens is 1. The zero-order valence-electron chi connectivity index (χ0n) is 24.8. The fourth-order valence-corrected chi connectivity index (χ4v) is 8.28. The van der Waals surface area contributed by atoms with Crippen molar-refractivity contribution < 1.29 is 28.9 Å². The quantitative estimate of drug-likeness (QED) is 0.195. The zero-order valence-corrected chi connectivity index (χ0v) is 26.9. The summed E-state index contributed by atoms with van der Waals surface area (Å²) in [5.41, 5.74) is 5.09. The molecule has 1 N–H and O–H groups in total. The average molecular weight is 699 g/mol. The number of fused-ring (bicyclic) bond motifs is 3. The van der Waals surface area contributed by atoms with Crippen LogP contribution in [0.4, 0.5) is 0 Å². The van der Waals surface area contributed by atoms with Gasteiger partial charge in [0.2, 0.25) is 11.8 Å². The van der Waals surface area contributed by atoms with E-state index in [-0.39, 0.29) is 47.5 Å². The predicted molar refractivity (Wildman–Crippen MR) is 171 cm³/mol. The third-order valence-corrected chi connectivity index (χ3v) is 10.4. The van der Waals surface area contributed by atoms with Gasteiger partial charge in [-0.25, -0.2) is 0 Å². The number of carbonyl (C=O) groups excluding carboxylic acids is 2. The number of allylic oxidation sites excluding steroid dienone is 1. The summed E-state index contributed by atoms with van der Waals surface area (Å²) >= 11 is 2.11. The Bertz CT molecular complexity index is 1430. The Morgan fingerprint density at radius 1 is 1.14 bits per heavy atom. The van der Waals surface area contributed by atoms with Gasteiger partial charge in [-0.15, -0.1) is 0 Å². The number of hydrogen-bond donors (Lipinski definition) is 1. The van der Waals surface area contributed by atoms with Gasteiger partial charge in [0.05, 0.1) is 47.5 Å². The van der Waals surface area contributed by atoms with Crippen molar-refractivity contribution in [2.24, 2.45) is 17.8 Å². The number of methoxy groups -OCH3 is 2. The lowest BCUT2D eigenvalue weighted by atomic mass is 9.69. The number of nitrogens with zero attached hydrogens (tertiary/aromatic N) is 2. The molecule has 9 heteroatoms. The lowest BCUT2D eigenvalue weighted by molar-refractivity contribution is -0.143. The van der Waals surface area contributed by atoms with Gasteiger partial charge in [0.15, 0.2) is 11.5 Å². The van der Waals surface area contributed by atoms with Gasteiger partial charge < -0.3 is 19.3 Å². The number of phenolic OH excluding ortho intramolecular Hbond substituents is 1. The lowest BCUT2D eigenvalue weighted by Crippen LogP contribution is -2.42. The number of phenols is 1. The highest BCUT2D eigenvalue weighted by Crippen LogP contribution is 2.51. The first kappa shape index (κ1) is 30.3. The van der Waals surface area contributed by atoms with Crippen LogP contribution in [0, 0.1) is 21.3 Å². The van der Waals surface area contributed by atoms with E-state index in [1.807, 2.05) is 30.3 Å². The first-order chi connectivity index (χ1) is 20.9. The van der Waals surface area contributed by atoms with Crippen LogP contribution in [0.3, 0.4) is 0 Å². The second-order valence-corrected chi connectivity index (χ2v) is 13.2. The van der Waals surface area contributed by atoms with Gasteiger partial charge in [-0.1, -0.05) is 25.3 Å². The average Bonchev–Trinajstić information content (AvgIpc) is 3.56. The smallest absolute Gasteiger partial charge is 0.234 e. The second kappa shape index (κ2) is 13.1. The molecule has 2 aliphatic carbocycles. The lowest BCUT2D eigenvalue weighted by Gasteiger charge is -2.31. The largest absolute Gasteiger partial charge is 0.504 e. The van der Waals surface area contributed by atoms with Crippen LogP contribution in [-0.2, 0) is 19.1 Å². The van der Waals surface area contributed by atoms with Crippen LogP contribution >= 0.6 is 22.6 Å². The van der Waals surface area contributed by atoms with Gasteiger partial charge in [0.25, 0.3) is 0 Å². The molecule has 4 aliphatic rings. The van der Waals surface area contributed by atoms with Crippen molar-refractivity contribution in [3.05, 3.63) is 62.5 Å². The molecular weight excluding hydrogens is 659 g/mol. The number of amides is 2. The van der Waals surface area contributed by atoms with E-state index in [4.69, 9.17) is 14.2 Å². The molecule has 0 radical (unpaired) electrons. The number of halogens is 1. The number of aromatic hydroxyl groups is 1. The maximum absolute atomic E-state index is 13.9. The first-order valence-corrected chi connectivity index (χ1v) is 16.4. The number of imide groups is 1. The van der Waals surface area contributed by atoms with E-state index >= 15 is 0 Å². The van der Waals surface area contributed by atoms with Crippen molar-refractivity contribution in [3.8, 4) is 11.5 Å². The minimum absolute atomic E-state index is 0.00932. The van der Waals surface area contributed by atoms with E-state index in [9.17, 15) is 14.7 Å². The van der Waals surface area contributed by atoms with E-state index in [0.29, 0.717) is 41.8 Å². The minimum atomic E-state index is -0.340. The van der Waals surface area contributed by atoms with E-state index in [2.05, 4.69) is 33.7 Å². The summed E-state index contributed by atoms with van der Waals surface area (Å²) in [6.07, 6.45) is 10.8. The Hall–Kier alpha value is -2.76. The molecule has 8 nitrogen and oxygen atoms in total. The van der Waals surface area contributed by atoms with E-state index in [0.717, 1.165) is 53.7 Å². The Kier molecular flexibility index (Phi) is 9.21. The number of benzene rings is 1. The number of carbonyl (C=O) groups is 2. The van der Waals surface area contributed by atoms with Gasteiger partial charge >= 0.3 is 0 Å². The highest BCUT2D eigenvalue weighted by Gasteiger charge is 2.58. The predicted octanol–water partition coefficient (Wildman–Crippen LogP) is 6.02. The van der Waals surface area contributed by atoms with Crippen LogP contribution in [0.1, 0.15) is 62.6 Å². The van der Waals surface area contributed by atoms with Crippen molar-refractivity contribution in [3.63, 3.8) is 0 Å². The highest BCUT2D eigenvalue weighted by atomic mass is 127. The Morgan fingerprint density at radius 2 is 1.95 bits per heavy atom. The summed E-state index contributed by atoms with van der Waals surface area (Å²) < 4.78 is 18.2. The molecule has 6 rings (SSSR count). The SMILES string of the molecule is COCC1=C2[C@@H](CC/C(=C/c3cc(I)c(O)c(OC)c3)c3ccccn3)OC[C@@H]2[C@@H]2C(=O)N(C3CCCCC3)C(=O)[C@@H]2C1. The summed E-state index contributed by atoms with van der Waals surface area (Å²) in [6.45, 7) is 0.885. The molecule has 0 bridgehead atoms. The fourth-order valence-electron chi connectivity index (χ4n) is 7.65. The molecule has 2 aromatic rings. The summed E-state index contributed by atoms with van der Waals surface area (Å²) in [4.78, 5) is 33.8. The van der Waals surface area contributed by atoms with Gasteiger partial charge in [0, 0.05) is 25.3 Å². The molecule has 1 aromatic heterocycles. The Balaban J connectivity index is 1.27. The Labute approximate surface area is 266 Å². The van der Waals surface area contributed by atoms with E-state index in [1.54, 1.807) is 25.3 Å². The second-order valence-electron chi connectivity index (χ2n) is 12.1. The molecule has 2 amide bonds. The zero-order chi connectivity index (χ0) is 30.1. The summed E-state index contributed by atoms with van der Waals surface area (Å²) in [7, 11) is 3.23. The van der Waals surface area contributed by atoms with Gasteiger partial charge in [-0.3, -0.25) is 19.5 Å². The summed E-state index contributed by atoms with van der Waals surface area (Å²) in [5.74, 6) is -0.180. The molecule has 0 spiro atoms. The topological polar surface area (TPSA) is 98.2 Å². The molecule has 43 heavy (non-hydrogen) atoms. The van der Waals surface area contributed by atoms with E-state index in [1.165, 1.54) is 6.42 Å². The van der Waals surface area contributed by atoms with Crippen LogP contribution in [0.25, 0.3) is 11.6 Å². The van der Waals surface area contributed by atoms with Crippen LogP contribution in [-0.4, -0.2) is 66.4 Å². The standard InChI is InChI=1S/C34H39IN2O6/c1-41-18-22-17-24-31(34(40)37(33(24)39)23-8-4-3-5-9-23)25-19-43-28(30(22)25)12-11-21(27-10-6-7-13-36-27)14-20-15-26(35)32(38)29(16-20)42-2/h6-7,10,13-16,23-25,28,31,38H,3-5,8-9,11-12,17-19H2,1-2H3/b21-14-/t24-,25+,28-,31-/m1/s1. The molecule has 2 aliphatic heterocycles. The van der Waals surface area contributed by atoms with E-state index < -0.39 is 0 Å². The third kappa shape index (κ3) is 5.88. The van der Waals surface area contributed by atoms with Crippen LogP contribution < -0.4 is 4.74 Å². The molecule has 0 unspecified atom stereocenters. The molecule has 2 saturated heterocycles. The van der Waals surface area contributed by atoms with Crippen molar-refractivity contribution in [1.82, 2.24) is 9.88 Å². The van der Waals surface area contributed by atoms with Gasteiger partial charge in [0.1, 0.15) is 0 Å². The number of ether oxygens (including phenoxy) is 3. The summed E-state index contributed by atoms with van der Waals surface area (Å²) in [6, 6.07) is 9.65. The Morgan fingerprint density at radius 3 is 2.67 bits per heavy atom. The van der Waals surface area contributed by atoms with Crippen molar-refractivity contribution in [2.45, 2.75) is 63.5 Å². The van der Waals surface area contributed by atoms with Crippen molar-refractivity contribution >= 4 is 46.1 Å². The molecule has 228 valence electrons. The van der Waals surface area contributed by atoms with Crippen molar-refractivity contribution in [2.75, 3.05) is 27.4 Å². The monoisotopic (exact) mass is 698 g/mol. The highest BCUT2D eigenvalue weighted by molar-refractivity contribution is 14.1. The molecule has 3 heterocycles. The number of likely N-dealkylation sites (tertiary alicyclic amines) is 1. The number of pyridine rings is 1. The third-order valence-electron chi connectivity index (χ3n) is 9.58.